The molecule has 2 aromatic rings. The molecule has 0 aliphatic rings. The van der Waals surface area contributed by atoms with Crippen molar-refractivity contribution in [2.75, 3.05) is 7.11 Å². The number of carbonyl (C=O) groups is 1. The van der Waals surface area contributed by atoms with E-state index in [-0.39, 0.29) is 28.1 Å². The van der Waals surface area contributed by atoms with Crippen LogP contribution >= 0.6 is 0 Å². The molecule has 0 aliphatic heterocycles. The Bertz CT molecular complexity index is 652. The third-order valence-electron chi connectivity index (χ3n) is 2.59. The highest BCUT2D eigenvalue weighted by molar-refractivity contribution is 6.01. The van der Waals surface area contributed by atoms with Crippen molar-refractivity contribution >= 4 is 22.4 Å². The second kappa shape index (κ2) is 6.51. The zero-order valence-electron chi connectivity index (χ0n) is 11.4. The van der Waals surface area contributed by atoms with Crippen LogP contribution in [0.2, 0.25) is 0 Å². The van der Waals surface area contributed by atoms with E-state index in [1.165, 1.54) is 31.4 Å². The number of phenols is 2. The van der Waals surface area contributed by atoms with Crippen molar-refractivity contribution in [3.8, 4) is 11.5 Å². The van der Waals surface area contributed by atoms with Crippen LogP contribution in [-0.4, -0.2) is 23.3 Å². The molecule has 6 nitrogen and oxygen atoms in total. The first-order valence-corrected chi connectivity index (χ1v) is 5.99. The van der Waals surface area contributed by atoms with Crippen LogP contribution < -0.4 is 0 Å². The normalized spacial score (nSPS) is 9.55. The molecule has 0 atom stereocenters. The van der Waals surface area contributed by atoms with Gasteiger partial charge in [-0.1, -0.05) is 19.9 Å². The van der Waals surface area contributed by atoms with Crippen LogP contribution in [0, 0.1) is 4.91 Å². The highest BCUT2D eigenvalue weighted by atomic mass is 16.5. The van der Waals surface area contributed by atoms with Crippen molar-refractivity contribution in [2.24, 2.45) is 5.18 Å². The largest absolute Gasteiger partial charge is 0.507 e. The number of benzene rings is 2. The van der Waals surface area contributed by atoms with Gasteiger partial charge in [-0.25, -0.2) is 4.79 Å². The summed E-state index contributed by atoms with van der Waals surface area (Å²) in [5.74, 6) is -1.37. The van der Waals surface area contributed by atoms with E-state index in [0.29, 0.717) is 5.39 Å². The van der Waals surface area contributed by atoms with Crippen LogP contribution in [0.1, 0.15) is 24.2 Å². The standard InChI is InChI=1S/C12H9NO5.C2H6/c1-18-12(16)8-4-6-2-3-9(13-17)11(15)7(6)5-10(8)14;1-2/h2-5,14-15H,1H3;1-2H3. The number of aromatic hydroxyl groups is 2. The average molecular weight is 277 g/mol. The fraction of sp³-hybridized carbons (Fsp3) is 0.214. The summed E-state index contributed by atoms with van der Waals surface area (Å²) in [7, 11) is 1.20. The number of phenolic OH excluding ortho intramolecular Hbond substituents is 2. The van der Waals surface area contributed by atoms with Crippen LogP contribution in [0.4, 0.5) is 5.69 Å². The van der Waals surface area contributed by atoms with E-state index >= 15 is 0 Å². The molecule has 6 heteroatoms. The molecule has 2 N–H and O–H groups in total. The Morgan fingerprint density at radius 1 is 1.20 bits per heavy atom. The molecule has 20 heavy (non-hydrogen) atoms. The quantitative estimate of drug-likeness (QED) is 0.647. The molecule has 0 spiro atoms. The van der Waals surface area contributed by atoms with E-state index < -0.39 is 5.97 Å². The van der Waals surface area contributed by atoms with E-state index in [9.17, 15) is 19.9 Å². The van der Waals surface area contributed by atoms with Crippen molar-refractivity contribution < 1.29 is 19.7 Å². The van der Waals surface area contributed by atoms with Gasteiger partial charge in [0.15, 0.2) is 5.75 Å². The summed E-state index contributed by atoms with van der Waals surface area (Å²) in [6, 6.07) is 5.39. The molecule has 2 aromatic carbocycles. The van der Waals surface area contributed by atoms with Gasteiger partial charge < -0.3 is 14.9 Å². The number of nitroso groups, excluding NO2 is 1. The lowest BCUT2D eigenvalue weighted by molar-refractivity contribution is 0.0597. The van der Waals surface area contributed by atoms with Crippen LogP contribution in [-0.2, 0) is 4.74 Å². The summed E-state index contributed by atoms with van der Waals surface area (Å²) >= 11 is 0. The van der Waals surface area contributed by atoms with Crippen LogP contribution in [0.25, 0.3) is 10.8 Å². The van der Waals surface area contributed by atoms with Gasteiger partial charge in [-0.2, -0.15) is 0 Å². The van der Waals surface area contributed by atoms with Crippen molar-refractivity contribution in [1.82, 2.24) is 0 Å². The number of methoxy groups -OCH3 is 1. The molecule has 0 saturated carbocycles. The first kappa shape index (κ1) is 15.4. The number of nitrogens with zero attached hydrogens (tertiary/aromatic N) is 1. The number of fused-ring (bicyclic) bond motifs is 1. The smallest absolute Gasteiger partial charge is 0.341 e. The molecule has 106 valence electrons. The predicted octanol–water partition coefficient (Wildman–Crippen LogP) is 3.46. The molecule has 0 saturated heterocycles. The minimum Gasteiger partial charge on any atom is -0.507 e. The number of carbonyl (C=O) groups excluding carboxylic acids is 1. The van der Waals surface area contributed by atoms with Gasteiger partial charge >= 0.3 is 5.97 Å². The fourth-order valence-corrected chi connectivity index (χ4v) is 1.68. The Hall–Kier alpha value is -2.63. The van der Waals surface area contributed by atoms with E-state index in [2.05, 4.69) is 9.91 Å². The Morgan fingerprint density at radius 2 is 1.85 bits per heavy atom. The number of rotatable bonds is 2. The van der Waals surface area contributed by atoms with Gasteiger partial charge in [-0.05, 0) is 28.8 Å². The van der Waals surface area contributed by atoms with E-state index in [0.717, 1.165) is 0 Å². The SMILES string of the molecule is CC.COC(=O)c1cc2ccc(N=O)c(O)c2cc1O. The fourth-order valence-electron chi connectivity index (χ4n) is 1.68. The lowest BCUT2D eigenvalue weighted by Gasteiger charge is -2.07. The molecule has 0 fully saturated rings. The predicted molar refractivity (Wildman–Crippen MR) is 75.4 cm³/mol. The molecule has 0 heterocycles. The number of hydrogen-bond acceptors (Lipinski definition) is 6. The van der Waals surface area contributed by atoms with Gasteiger partial charge in [-0.3, -0.25) is 0 Å². The van der Waals surface area contributed by atoms with Crippen molar-refractivity contribution in [3.63, 3.8) is 0 Å². The zero-order chi connectivity index (χ0) is 15.3. The third-order valence-corrected chi connectivity index (χ3v) is 2.59. The maximum absolute atomic E-state index is 11.4. The van der Waals surface area contributed by atoms with Gasteiger partial charge in [0.2, 0.25) is 0 Å². The van der Waals surface area contributed by atoms with Gasteiger partial charge in [0.25, 0.3) is 0 Å². The summed E-state index contributed by atoms with van der Waals surface area (Å²) in [4.78, 5) is 21.8. The lowest BCUT2D eigenvalue weighted by atomic mass is 10.0. The summed E-state index contributed by atoms with van der Waals surface area (Å²) in [5, 5.41) is 22.8. The molecule has 2 rings (SSSR count). The topological polar surface area (TPSA) is 96.2 Å². The molecule has 0 unspecified atom stereocenters. The van der Waals surface area contributed by atoms with Crippen molar-refractivity contribution in [3.05, 3.63) is 34.7 Å². The van der Waals surface area contributed by atoms with E-state index in [1.54, 1.807) is 0 Å². The number of ether oxygens (including phenoxy) is 1. The van der Waals surface area contributed by atoms with Gasteiger partial charge in [0.05, 0.1) is 7.11 Å². The van der Waals surface area contributed by atoms with E-state index in [4.69, 9.17) is 0 Å². The minimum absolute atomic E-state index is 0.0174. The molecule has 0 bridgehead atoms. The molecule has 0 aliphatic carbocycles. The van der Waals surface area contributed by atoms with Gasteiger partial charge in [0, 0.05) is 5.39 Å². The van der Waals surface area contributed by atoms with Crippen LogP contribution in [0.3, 0.4) is 0 Å². The maximum atomic E-state index is 11.4. The number of esters is 1. The lowest BCUT2D eigenvalue weighted by Crippen LogP contribution is -2.01. The summed E-state index contributed by atoms with van der Waals surface area (Å²) in [5.41, 5.74) is -0.149. The molecule has 0 radical (unpaired) electrons. The van der Waals surface area contributed by atoms with Gasteiger partial charge in [-0.15, -0.1) is 4.91 Å². The first-order valence-electron chi connectivity index (χ1n) is 5.99. The second-order valence-corrected chi connectivity index (χ2v) is 3.61. The summed E-state index contributed by atoms with van der Waals surface area (Å²) in [6.45, 7) is 4.00. The van der Waals surface area contributed by atoms with Crippen molar-refractivity contribution in [2.45, 2.75) is 13.8 Å². The Kier molecular flexibility index (Phi) is 5.02. The molecular weight excluding hydrogens is 262 g/mol. The third kappa shape index (κ3) is 2.69. The average Bonchev–Trinajstić information content (AvgIpc) is 2.49. The van der Waals surface area contributed by atoms with Gasteiger partial charge in [0.1, 0.15) is 17.0 Å². The maximum Gasteiger partial charge on any atom is 0.341 e. The van der Waals surface area contributed by atoms with Crippen molar-refractivity contribution in [1.29, 1.82) is 0 Å². The van der Waals surface area contributed by atoms with Crippen LogP contribution in [0.15, 0.2) is 29.4 Å². The Balaban J connectivity index is 0.000000956. The zero-order valence-corrected chi connectivity index (χ0v) is 11.4. The highest BCUT2D eigenvalue weighted by Crippen LogP contribution is 2.37. The van der Waals surface area contributed by atoms with E-state index in [1.807, 2.05) is 13.8 Å². The summed E-state index contributed by atoms with van der Waals surface area (Å²) < 4.78 is 4.51. The summed E-state index contributed by atoms with van der Waals surface area (Å²) in [6.07, 6.45) is 0. The molecule has 0 amide bonds. The Morgan fingerprint density at radius 3 is 2.40 bits per heavy atom. The highest BCUT2D eigenvalue weighted by Gasteiger charge is 2.15. The number of hydrogen-bond donors (Lipinski definition) is 2. The Labute approximate surface area is 115 Å². The second-order valence-electron chi connectivity index (χ2n) is 3.61. The first-order chi connectivity index (χ1) is 9.58. The monoisotopic (exact) mass is 277 g/mol. The minimum atomic E-state index is -0.688. The molecular formula is C14H15NO5. The van der Waals surface area contributed by atoms with Crippen LogP contribution in [0.5, 0.6) is 11.5 Å². The molecule has 0 aromatic heterocycles.